The Morgan fingerprint density at radius 3 is 2.69 bits per heavy atom. The van der Waals surface area contributed by atoms with E-state index in [-0.39, 0.29) is 5.97 Å². The number of benzene rings is 1. The maximum atomic E-state index is 11.2. The van der Waals surface area contributed by atoms with Crippen molar-refractivity contribution >= 4 is 27.6 Å². The minimum atomic E-state index is -0.364. The first-order valence-electron chi connectivity index (χ1n) is 3.70. The van der Waals surface area contributed by atoms with Gasteiger partial charge in [-0.05, 0) is 40.5 Å². The lowest BCUT2D eigenvalue weighted by molar-refractivity contribution is 0.0600. The Bertz CT molecular complexity index is 350. The van der Waals surface area contributed by atoms with Gasteiger partial charge in [0.1, 0.15) is 0 Å². The summed E-state index contributed by atoms with van der Waals surface area (Å²) in [7, 11) is 1.35. The van der Waals surface area contributed by atoms with E-state index in [1.54, 1.807) is 19.1 Å². The highest BCUT2D eigenvalue weighted by Crippen LogP contribution is 2.25. The Morgan fingerprint density at radius 1 is 1.54 bits per heavy atom. The monoisotopic (exact) mass is 243 g/mol. The van der Waals surface area contributed by atoms with E-state index in [1.807, 2.05) is 0 Å². The van der Waals surface area contributed by atoms with Gasteiger partial charge < -0.3 is 10.5 Å². The van der Waals surface area contributed by atoms with Gasteiger partial charge in [0.2, 0.25) is 0 Å². The van der Waals surface area contributed by atoms with Gasteiger partial charge in [0, 0.05) is 10.2 Å². The highest BCUT2D eigenvalue weighted by molar-refractivity contribution is 9.10. The highest BCUT2D eigenvalue weighted by Gasteiger charge is 2.12. The summed E-state index contributed by atoms with van der Waals surface area (Å²) in [5.41, 5.74) is 7.53. The number of rotatable bonds is 1. The first-order valence-corrected chi connectivity index (χ1v) is 4.50. The molecule has 0 atom stereocenters. The molecular formula is C9H10BrNO2. The molecule has 0 aliphatic heterocycles. The number of carbonyl (C=O) groups excluding carboxylic acids is 1. The van der Waals surface area contributed by atoms with Crippen LogP contribution in [0.5, 0.6) is 0 Å². The van der Waals surface area contributed by atoms with Crippen LogP contribution in [0.1, 0.15) is 15.9 Å². The Labute approximate surface area is 85.0 Å². The standard InChI is InChI=1S/C9H10BrNO2/c1-5-6(9(12)13-2)3-4-7(10)8(5)11/h3-4H,11H2,1-2H3. The molecule has 0 saturated heterocycles. The SMILES string of the molecule is COC(=O)c1ccc(Br)c(N)c1C. The zero-order valence-corrected chi connectivity index (χ0v) is 9.01. The molecule has 0 saturated carbocycles. The predicted molar refractivity (Wildman–Crippen MR) is 54.6 cm³/mol. The maximum absolute atomic E-state index is 11.2. The molecule has 4 heteroatoms. The summed E-state index contributed by atoms with van der Waals surface area (Å²) >= 11 is 3.27. The molecule has 1 rings (SSSR count). The van der Waals surface area contributed by atoms with Gasteiger partial charge in [-0.15, -0.1) is 0 Å². The summed E-state index contributed by atoms with van der Waals surface area (Å²) in [6.07, 6.45) is 0. The largest absolute Gasteiger partial charge is 0.465 e. The van der Waals surface area contributed by atoms with Gasteiger partial charge >= 0.3 is 5.97 Å². The van der Waals surface area contributed by atoms with E-state index in [4.69, 9.17) is 5.73 Å². The van der Waals surface area contributed by atoms with Gasteiger partial charge in [-0.1, -0.05) is 0 Å². The number of esters is 1. The Hall–Kier alpha value is -1.03. The normalized spacial score (nSPS) is 9.77. The third-order valence-electron chi connectivity index (χ3n) is 1.87. The first kappa shape index (κ1) is 10.1. The average Bonchev–Trinajstić information content (AvgIpc) is 2.13. The van der Waals surface area contributed by atoms with Gasteiger partial charge in [0.15, 0.2) is 0 Å². The number of nitrogens with two attached hydrogens (primary N) is 1. The van der Waals surface area contributed by atoms with E-state index in [0.29, 0.717) is 11.3 Å². The number of carbonyl (C=O) groups is 1. The van der Waals surface area contributed by atoms with Crippen molar-refractivity contribution in [3.8, 4) is 0 Å². The van der Waals surface area contributed by atoms with Crippen LogP contribution in [-0.4, -0.2) is 13.1 Å². The number of nitrogen functional groups attached to an aromatic ring is 1. The second-order valence-corrected chi connectivity index (χ2v) is 3.48. The lowest BCUT2D eigenvalue weighted by atomic mass is 10.1. The van der Waals surface area contributed by atoms with Crippen LogP contribution in [0.15, 0.2) is 16.6 Å². The molecule has 0 aromatic heterocycles. The van der Waals surface area contributed by atoms with Crippen LogP contribution in [0.3, 0.4) is 0 Å². The van der Waals surface area contributed by atoms with Crippen molar-refractivity contribution in [3.05, 3.63) is 27.7 Å². The summed E-state index contributed by atoms with van der Waals surface area (Å²) < 4.78 is 5.39. The van der Waals surface area contributed by atoms with Crippen molar-refractivity contribution in [3.63, 3.8) is 0 Å². The summed E-state index contributed by atoms with van der Waals surface area (Å²) in [6, 6.07) is 3.41. The van der Waals surface area contributed by atoms with Crippen LogP contribution in [0.4, 0.5) is 5.69 Å². The molecule has 13 heavy (non-hydrogen) atoms. The van der Waals surface area contributed by atoms with E-state index in [2.05, 4.69) is 20.7 Å². The zero-order chi connectivity index (χ0) is 10.0. The predicted octanol–water partition coefficient (Wildman–Crippen LogP) is 2.13. The van der Waals surface area contributed by atoms with Crippen LogP contribution in [0.2, 0.25) is 0 Å². The molecule has 1 aromatic carbocycles. The van der Waals surface area contributed by atoms with E-state index < -0.39 is 0 Å². The molecule has 0 fully saturated rings. The van der Waals surface area contributed by atoms with Crippen LogP contribution in [0, 0.1) is 6.92 Å². The summed E-state index contributed by atoms with van der Waals surface area (Å²) in [4.78, 5) is 11.2. The molecule has 0 radical (unpaired) electrons. The van der Waals surface area contributed by atoms with Gasteiger partial charge in [-0.3, -0.25) is 0 Å². The summed E-state index contributed by atoms with van der Waals surface area (Å²) in [5.74, 6) is -0.364. The van der Waals surface area contributed by atoms with Crippen molar-refractivity contribution < 1.29 is 9.53 Å². The van der Waals surface area contributed by atoms with E-state index in [1.165, 1.54) is 7.11 Å². The fraction of sp³-hybridized carbons (Fsp3) is 0.222. The average molecular weight is 244 g/mol. The third-order valence-corrected chi connectivity index (χ3v) is 2.56. The molecule has 0 unspecified atom stereocenters. The molecule has 2 N–H and O–H groups in total. The highest BCUT2D eigenvalue weighted by atomic mass is 79.9. The number of methoxy groups -OCH3 is 1. The van der Waals surface area contributed by atoms with E-state index >= 15 is 0 Å². The molecule has 0 heterocycles. The molecule has 0 bridgehead atoms. The fourth-order valence-electron chi connectivity index (χ4n) is 1.03. The van der Waals surface area contributed by atoms with Crippen LogP contribution >= 0.6 is 15.9 Å². The summed E-state index contributed by atoms with van der Waals surface area (Å²) in [6.45, 7) is 1.78. The van der Waals surface area contributed by atoms with Crippen molar-refractivity contribution in [1.29, 1.82) is 0 Å². The Balaban J connectivity index is 3.26. The van der Waals surface area contributed by atoms with Crippen molar-refractivity contribution in [2.24, 2.45) is 0 Å². The molecule has 0 aliphatic carbocycles. The van der Waals surface area contributed by atoms with Crippen molar-refractivity contribution in [2.75, 3.05) is 12.8 Å². The molecular weight excluding hydrogens is 234 g/mol. The second kappa shape index (κ2) is 3.79. The quantitative estimate of drug-likeness (QED) is 0.608. The molecule has 0 aliphatic rings. The van der Waals surface area contributed by atoms with Crippen LogP contribution < -0.4 is 5.73 Å². The number of hydrogen-bond donors (Lipinski definition) is 1. The smallest absolute Gasteiger partial charge is 0.338 e. The Morgan fingerprint density at radius 2 is 2.15 bits per heavy atom. The molecule has 0 spiro atoms. The number of anilines is 1. The minimum absolute atomic E-state index is 0.364. The Kier molecular flexibility index (Phi) is 2.93. The molecule has 3 nitrogen and oxygen atoms in total. The lowest BCUT2D eigenvalue weighted by Crippen LogP contribution is -2.06. The van der Waals surface area contributed by atoms with E-state index in [0.717, 1.165) is 10.0 Å². The van der Waals surface area contributed by atoms with Crippen LogP contribution in [0.25, 0.3) is 0 Å². The van der Waals surface area contributed by atoms with Gasteiger partial charge in [-0.2, -0.15) is 0 Å². The lowest BCUT2D eigenvalue weighted by Gasteiger charge is -2.07. The van der Waals surface area contributed by atoms with Crippen molar-refractivity contribution in [1.82, 2.24) is 0 Å². The number of ether oxygens (including phenoxy) is 1. The van der Waals surface area contributed by atoms with Crippen molar-refractivity contribution in [2.45, 2.75) is 6.92 Å². The molecule has 0 amide bonds. The zero-order valence-electron chi connectivity index (χ0n) is 7.43. The molecule has 1 aromatic rings. The van der Waals surface area contributed by atoms with E-state index in [9.17, 15) is 4.79 Å². The van der Waals surface area contributed by atoms with Gasteiger partial charge in [0.25, 0.3) is 0 Å². The molecule has 70 valence electrons. The minimum Gasteiger partial charge on any atom is -0.465 e. The van der Waals surface area contributed by atoms with Crippen LogP contribution in [-0.2, 0) is 4.74 Å². The maximum Gasteiger partial charge on any atom is 0.338 e. The van der Waals surface area contributed by atoms with Gasteiger partial charge in [0.05, 0.1) is 12.7 Å². The number of halogens is 1. The van der Waals surface area contributed by atoms with Gasteiger partial charge in [-0.25, -0.2) is 4.79 Å². The number of hydrogen-bond acceptors (Lipinski definition) is 3. The summed E-state index contributed by atoms with van der Waals surface area (Å²) in [5, 5.41) is 0. The topological polar surface area (TPSA) is 52.3 Å². The fourth-order valence-corrected chi connectivity index (χ4v) is 1.46. The first-order chi connectivity index (χ1) is 6.07. The second-order valence-electron chi connectivity index (χ2n) is 2.63. The third kappa shape index (κ3) is 1.83.